The Morgan fingerprint density at radius 3 is 2.65 bits per heavy atom. The molecule has 0 fully saturated rings. The molecular formula is C11H16N4O2. The van der Waals surface area contributed by atoms with E-state index in [4.69, 9.17) is 5.73 Å². The number of nitro groups is 1. The fraction of sp³-hybridized carbons (Fsp3) is 0.364. The second kappa shape index (κ2) is 6.47. The topological polar surface area (TPSA) is 93.5 Å². The monoisotopic (exact) mass is 236 g/mol. The Balaban J connectivity index is 2.47. The lowest BCUT2D eigenvalue weighted by Gasteiger charge is -2.02. The maximum Gasteiger partial charge on any atom is 0.269 e. The summed E-state index contributed by atoms with van der Waals surface area (Å²) in [6, 6.07) is 6.45. The van der Waals surface area contributed by atoms with Crippen LogP contribution in [0.5, 0.6) is 0 Å². The number of nitrogens with zero attached hydrogens (tertiary/aromatic N) is 2. The van der Waals surface area contributed by atoms with Crippen molar-refractivity contribution in [2.24, 2.45) is 10.7 Å². The molecule has 3 N–H and O–H groups in total. The van der Waals surface area contributed by atoms with Crippen molar-refractivity contribution in [1.29, 1.82) is 0 Å². The van der Waals surface area contributed by atoms with Gasteiger partial charge >= 0.3 is 0 Å². The van der Waals surface area contributed by atoms with E-state index in [1.807, 2.05) is 6.92 Å². The number of benzene rings is 1. The van der Waals surface area contributed by atoms with E-state index < -0.39 is 4.92 Å². The number of hydrogen-bond acceptors (Lipinski definition) is 3. The highest BCUT2D eigenvalue weighted by Crippen LogP contribution is 2.12. The van der Waals surface area contributed by atoms with Gasteiger partial charge in [0.15, 0.2) is 5.96 Å². The number of non-ortho nitro benzene ring substituents is 1. The Bertz CT molecular complexity index is 400. The Morgan fingerprint density at radius 1 is 1.47 bits per heavy atom. The first-order chi connectivity index (χ1) is 8.13. The molecule has 0 unspecified atom stereocenters. The molecule has 1 rings (SSSR count). The molecule has 0 bridgehead atoms. The second-order valence-electron chi connectivity index (χ2n) is 3.47. The van der Waals surface area contributed by atoms with Gasteiger partial charge in [-0.05, 0) is 18.9 Å². The van der Waals surface area contributed by atoms with Crippen molar-refractivity contribution in [3.63, 3.8) is 0 Å². The van der Waals surface area contributed by atoms with E-state index >= 15 is 0 Å². The van der Waals surface area contributed by atoms with Gasteiger partial charge in [0.2, 0.25) is 0 Å². The number of guanidine groups is 1. The van der Waals surface area contributed by atoms with Gasteiger partial charge in [0.1, 0.15) is 0 Å². The lowest BCUT2D eigenvalue weighted by atomic mass is 10.1. The highest BCUT2D eigenvalue weighted by Gasteiger charge is 2.03. The highest BCUT2D eigenvalue weighted by molar-refractivity contribution is 5.77. The average Bonchev–Trinajstić information content (AvgIpc) is 2.30. The third-order valence-corrected chi connectivity index (χ3v) is 2.19. The van der Waals surface area contributed by atoms with Crippen molar-refractivity contribution < 1.29 is 4.92 Å². The molecule has 6 heteroatoms. The van der Waals surface area contributed by atoms with Crippen molar-refractivity contribution >= 4 is 11.6 Å². The lowest BCUT2D eigenvalue weighted by Crippen LogP contribution is -2.31. The van der Waals surface area contributed by atoms with E-state index in [1.165, 1.54) is 12.1 Å². The van der Waals surface area contributed by atoms with Gasteiger partial charge in [0, 0.05) is 25.2 Å². The number of aliphatic imine (C=N–C) groups is 1. The zero-order valence-electron chi connectivity index (χ0n) is 9.72. The number of rotatable bonds is 5. The van der Waals surface area contributed by atoms with Crippen molar-refractivity contribution in [3.05, 3.63) is 39.9 Å². The summed E-state index contributed by atoms with van der Waals surface area (Å²) >= 11 is 0. The quantitative estimate of drug-likeness (QED) is 0.346. The standard InChI is InChI=1S/C11H16N4O2/c1-2-13-11(12)14-8-7-9-3-5-10(6-4-9)15(16)17/h3-6H,2,7-8H2,1H3,(H3,12,13,14). The Morgan fingerprint density at radius 2 is 2.12 bits per heavy atom. The number of nitro benzene ring substituents is 1. The van der Waals surface area contributed by atoms with Crippen molar-refractivity contribution in [1.82, 2.24) is 5.32 Å². The van der Waals surface area contributed by atoms with Gasteiger partial charge in [0.25, 0.3) is 5.69 Å². The SMILES string of the molecule is CCNC(N)=NCCc1ccc([N+](=O)[O-])cc1. The summed E-state index contributed by atoms with van der Waals surface area (Å²) in [5, 5.41) is 13.3. The molecule has 6 nitrogen and oxygen atoms in total. The highest BCUT2D eigenvalue weighted by atomic mass is 16.6. The second-order valence-corrected chi connectivity index (χ2v) is 3.47. The predicted octanol–water partition coefficient (Wildman–Crippen LogP) is 1.06. The van der Waals surface area contributed by atoms with E-state index in [9.17, 15) is 10.1 Å². The molecule has 0 spiro atoms. The minimum atomic E-state index is -0.412. The van der Waals surface area contributed by atoms with Gasteiger partial charge in [-0.25, -0.2) is 0 Å². The smallest absolute Gasteiger partial charge is 0.269 e. The zero-order chi connectivity index (χ0) is 12.7. The summed E-state index contributed by atoms with van der Waals surface area (Å²) in [5.41, 5.74) is 6.67. The van der Waals surface area contributed by atoms with Gasteiger partial charge in [0.05, 0.1) is 4.92 Å². The molecule has 17 heavy (non-hydrogen) atoms. The molecule has 0 saturated heterocycles. The van der Waals surface area contributed by atoms with Crippen LogP contribution in [0, 0.1) is 10.1 Å². The summed E-state index contributed by atoms with van der Waals surface area (Å²) < 4.78 is 0. The molecule has 0 aliphatic carbocycles. The van der Waals surface area contributed by atoms with Crippen LogP contribution in [-0.4, -0.2) is 24.0 Å². The van der Waals surface area contributed by atoms with Crippen LogP contribution in [0.15, 0.2) is 29.3 Å². The number of nitrogens with one attached hydrogen (secondary N) is 1. The molecule has 0 saturated carbocycles. The molecule has 0 heterocycles. The van der Waals surface area contributed by atoms with Crippen LogP contribution in [-0.2, 0) is 6.42 Å². The van der Waals surface area contributed by atoms with Crippen molar-refractivity contribution in [2.75, 3.05) is 13.1 Å². The maximum absolute atomic E-state index is 10.4. The molecule has 0 atom stereocenters. The number of nitrogens with two attached hydrogens (primary N) is 1. The summed E-state index contributed by atoms with van der Waals surface area (Å²) in [6.07, 6.45) is 0.712. The van der Waals surface area contributed by atoms with E-state index in [-0.39, 0.29) is 5.69 Å². The largest absolute Gasteiger partial charge is 0.370 e. The first kappa shape index (κ1) is 13.0. The van der Waals surface area contributed by atoms with E-state index in [1.54, 1.807) is 12.1 Å². The van der Waals surface area contributed by atoms with Gasteiger partial charge in [-0.2, -0.15) is 0 Å². The van der Waals surface area contributed by atoms with Crippen molar-refractivity contribution in [3.8, 4) is 0 Å². The Hall–Kier alpha value is -2.11. The molecule has 0 aliphatic rings. The third kappa shape index (κ3) is 4.50. The Kier molecular flexibility index (Phi) is 4.93. The molecular weight excluding hydrogens is 220 g/mol. The van der Waals surface area contributed by atoms with E-state index in [0.29, 0.717) is 18.9 Å². The molecule has 1 aromatic carbocycles. The van der Waals surface area contributed by atoms with Crippen LogP contribution >= 0.6 is 0 Å². The van der Waals surface area contributed by atoms with Crippen molar-refractivity contribution in [2.45, 2.75) is 13.3 Å². The minimum Gasteiger partial charge on any atom is -0.370 e. The summed E-state index contributed by atoms with van der Waals surface area (Å²) in [5.74, 6) is 0.425. The molecule has 0 aliphatic heterocycles. The minimum absolute atomic E-state index is 0.101. The van der Waals surface area contributed by atoms with Crippen LogP contribution in [0.25, 0.3) is 0 Å². The summed E-state index contributed by atoms with van der Waals surface area (Å²) in [4.78, 5) is 14.2. The lowest BCUT2D eigenvalue weighted by molar-refractivity contribution is -0.384. The van der Waals surface area contributed by atoms with Gasteiger partial charge in [-0.15, -0.1) is 0 Å². The molecule has 0 radical (unpaired) electrons. The normalized spacial score (nSPS) is 11.2. The third-order valence-electron chi connectivity index (χ3n) is 2.19. The number of hydrogen-bond donors (Lipinski definition) is 2. The van der Waals surface area contributed by atoms with E-state index in [2.05, 4.69) is 10.3 Å². The molecule has 0 amide bonds. The fourth-order valence-corrected chi connectivity index (χ4v) is 1.33. The van der Waals surface area contributed by atoms with Gasteiger partial charge in [-0.1, -0.05) is 12.1 Å². The molecule has 1 aromatic rings. The van der Waals surface area contributed by atoms with Crippen LogP contribution in [0.2, 0.25) is 0 Å². The molecule has 92 valence electrons. The first-order valence-corrected chi connectivity index (χ1v) is 5.40. The first-order valence-electron chi connectivity index (χ1n) is 5.40. The molecule has 0 aromatic heterocycles. The van der Waals surface area contributed by atoms with Crippen LogP contribution in [0.4, 0.5) is 5.69 Å². The van der Waals surface area contributed by atoms with Gasteiger partial charge < -0.3 is 11.1 Å². The fourth-order valence-electron chi connectivity index (χ4n) is 1.33. The average molecular weight is 236 g/mol. The Labute approximate surface area is 99.7 Å². The van der Waals surface area contributed by atoms with Crippen LogP contribution in [0.1, 0.15) is 12.5 Å². The predicted molar refractivity (Wildman–Crippen MR) is 67.0 cm³/mol. The zero-order valence-corrected chi connectivity index (χ0v) is 9.72. The van der Waals surface area contributed by atoms with E-state index in [0.717, 1.165) is 12.1 Å². The summed E-state index contributed by atoms with van der Waals surface area (Å²) in [7, 11) is 0. The van der Waals surface area contributed by atoms with Crippen LogP contribution < -0.4 is 11.1 Å². The summed E-state index contributed by atoms with van der Waals surface area (Å²) in [6.45, 7) is 3.25. The maximum atomic E-state index is 10.4. The van der Waals surface area contributed by atoms with Crippen LogP contribution in [0.3, 0.4) is 0 Å². The van der Waals surface area contributed by atoms with Gasteiger partial charge in [-0.3, -0.25) is 15.1 Å².